The van der Waals surface area contributed by atoms with E-state index in [4.69, 9.17) is 0 Å². The van der Waals surface area contributed by atoms with E-state index in [0.717, 1.165) is 0 Å². The summed E-state index contributed by atoms with van der Waals surface area (Å²) in [6.07, 6.45) is 0. The van der Waals surface area contributed by atoms with Crippen LogP contribution < -0.4 is 29.6 Å². The van der Waals surface area contributed by atoms with Crippen molar-refractivity contribution < 1.29 is 82.1 Å². The van der Waals surface area contributed by atoms with Crippen LogP contribution in [0.1, 0.15) is 1.43 Å². The molecular weight excluding hydrogens is 201 g/mol. The number of hydrogen-bond donors (Lipinski definition) is 0. The summed E-state index contributed by atoms with van der Waals surface area (Å²) < 4.78 is 0. The third kappa shape index (κ3) is 8.87. The van der Waals surface area contributed by atoms with Crippen LogP contribution in [0.5, 0.6) is 0 Å². The van der Waals surface area contributed by atoms with Crippen molar-refractivity contribution >= 4 is 0 Å². The quantitative estimate of drug-likeness (QED) is 0.380. The van der Waals surface area contributed by atoms with Gasteiger partial charge < -0.3 is 1.43 Å². The van der Waals surface area contributed by atoms with Gasteiger partial charge in [-0.15, -0.1) is 0 Å². The van der Waals surface area contributed by atoms with Crippen molar-refractivity contribution in [3.63, 3.8) is 0 Å². The van der Waals surface area contributed by atoms with E-state index in [0.29, 0.717) is 0 Å². The molecule has 22 valence electrons. The molecule has 0 aliphatic rings. The fourth-order valence-corrected chi connectivity index (χ4v) is 0. The second kappa shape index (κ2) is 18.8. The van der Waals surface area contributed by atoms with Crippen molar-refractivity contribution in [1.82, 2.24) is 0 Å². The molecule has 0 heterocycles. The summed E-state index contributed by atoms with van der Waals surface area (Å²) in [5, 5.41) is 0. The minimum absolute atomic E-state index is 0. The Kier molecular flexibility index (Phi) is 161. The molecule has 0 bridgehead atoms. The van der Waals surface area contributed by atoms with Crippen molar-refractivity contribution in [2.45, 2.75) is 0 Å². The second-order valence-electron chi connectivity index (χ2n) is 0. The first kappa shape index (κ1) is 34.2. The molecule has 0 fully saturated rings. The maximum atomic E-state index is 0. The second-order valence-corrected chi connectivity index (χ2v) is 0. The van der Waals surface area contributed by atoms with Crippen LogP contribution >= 0.6 is 0 Å². The van der Waals surface area contributed by atoms with Crippen molar-refractivity contribution in [3.05, 3.63) is 0 Å². The molecule has 0 nitrogen and oxygen atoms in total. The monoisotopic (exact) mass is 204 g/mol. The van der Waals surface area contributed by atoms with E-state index in [-0.39, 0.29) is 82.1 Å². The maximum absolute atomic E-state index is 0. The molecule has 0 spiro atoms. The summed E-state index contributed by atoms with van der Waals surface area (Å²) >= 11 is 0. The molecule has 4 heteroatoms. The van der Waals surface area contributed by atoms with Gasteiger partial charge in [0, 0.05) is 41.7 Å². The van der Waals surface area contributed by atoms with Crippen LogP contribution in [0.2, 0.25) is 0 Å². The Bertz CT molecular complexity index is 9.61. The zero-order valence-electron chi connectivity index (χ0n) is 3.32. The molecule has 0 saturated heterocycles. The van der Waals surface area contributed by atoms with Crippen molar-refractivity contribution in [2.75, 3.05) is 0 Å². The molecule has 0 N–H and O–H groups in total. The van der Waals surface area contributed by atoms with Gasteiger partial charge in [0.25, 0.3) is 0 Å². The Balaban J connectivity index is 0. The molecule has 0 rings (SSSR count). The van der Waals surface area contributed by atoms with Crippen molar-refractivity contribution in [2.24, 2.45) is 0 Å². The van der Waals surface area contributed by atoms with Crippen LogP contribution in [0.4, 0.5) is 9.41 Å². The van der Waals surface area contributed by atoms with Gasteiger partial charge in [-0.05, 0) is 0 Å². The molecule has 0 aromatic carbocycles. The van der Waals surface area contributed by atoms with Gasteiger partial charge in [-0.25, -0.2) is 0 Å². The first-order valence-electron chi connectivity index (χ1n) is 0. The third-order valence-electron chi connectivity index (χ3n) is 0. The third-order valence-corrected chi connectivity index (χ3v) is 0. The topological polar surface area (TPSA) is 0 Å². The zero-order chi connectivity index (χ0) is 0. The fraction of sp³-hybridized carbons (Fsp3) is 0. The minimum Gasteiger partial charge on any atom is -1.00 e. The average Bonchev–Trinajstić information content (AvgIpc) is 0. The van der Waals surface area contributed by atoms with Crippen molar-refractivity contribution in [3.8, 4) is 0 Å². The van der Waals surface area contributed by atoms with Gasteiger partial charge in [-0.1, -0.05) is 0 Å². The van der Waals surface area contributed by atoms with Gasteiger partial charge in [0.2, 0.25) is 0 Å². The van der Waals surface area contributed by atoms with Crippen LogP contribution in [0.25, 0.3) is 0 Å². The Morgan fingerprint density at radius 2 is 1.00 bits per heavy atom. The maximum Gasteiger partial charge on any atom is 1.00 e. The molecule has 4 heavy (non-hydrogen) atoms. The molecule has 0 aliphatic heterocycles. The summed E-state index contributed by atoms with van der Waals surface area (Å²) in [7, 11) is 0. The summed E-state index contributed by atoms with van der Waals surface area (Å²) in [5.41, 5.74) is 0. The molecule has 0 saturated carbocycles. The van der Waals surface area contributed by atoms with Crippen LogP contribution in [0.3, 0.4) is 0 Å². The molecule has 0 atom stereocenters. The predicted molar refractivity (Wildman–Crippen MR) is 6.12 cm³/mol. The summed E-state index contributed by atoms with van der Waals surface area (Å²) in [4.78, 5) is 0. The predicted octanol–water partition coefficient (Wildman–Crippen LogP) is -2.58. The fourth-order valence-electron chi connectivity index (χ4n) is 0. The average molecular weight is 204 g/mol. The Morgan fingerprint density at radius 1 is 1.00 bits per heavy atom. The Morgan fingerprint density at radius 3 is 1.00 bits per heavy atom. The molecule has 0 radical (unpaired) electrons. The van der Waals surface area contributed by atoms with Crippen LogP contribution in [-0.4, -0.2) is 0 Å². The summed E-state index contributed by atoms with van der Waals surface area (Å²) in [5.74, 6) is 0. The van der Waals surface area contributed by atoms with Crippen LogP contribution in [0, 0.1) is 41.7 Å². The summed E-state index contributed by atoms with van der Waals surface area (Å²) in [6, 6.07) is 0. The minimum atomic E-state index is 0. The van der Waals surface area contributed by atoms with E-state index in [1.165, 1.54) is 0 Å². The van der Waals surface area contributed by atoms with Gasteiger partial charge in [0.15, 0.2) is 0 Å². The van der Waals surface area contributed by atoms with E-state index >= 15 is 0 Å². The zero-order valence-corrected chi connectivity index (χ0v) is 7.46. The number of hydrogen-bond acceptors (Lipinski definition) is 0. The van der Waals surface area contributed by atoms with E-state index in [9.17, 15) is 0 Å². The molecule has 0 aliphatic carbocycles. The Hall–Kier alpha value is 2.24. The molecule has 0 amide bonds. The first-order chi connectivity index (χ1) is 0. The van der Waals surface area contributed by atoms with E-state index in [1.807, 2.05) is 0 Å². The van der Waals surface area contributed by atoms with Crippen LogP contribution in [-0.2, 0) is 0 Å². The smallest absolute Gasteiger partial charge is 1.00 e. The van der Waals surface area contributed by atoms with Gasteiger partial charge >= 0.3 is 29.6 Å². The van der Waals surface area contributed by atoms with Crippen molar-refractivity contribution in [1.29, 1.82) is 0 Å². The largest absolute Gasteiger partial charge is 1.00 e. The SMILES string of the molecule is F.F.[Ce].[H-].[Na+]. The molecule has 0 unspecified atom stereocenters. The molecular formula is H3CeF2Na. The molecule has 0 aromatic rings. The van der Waals surface area contributed by atoms with Crippen LogP contribution in [0.15, 0.2) is 0 Å². The van der Waals surface area contributed by atoms with E-state index < -0.39 is 0 Å². The first-order valence-corrected chi connectivity index (χ1v) is 0. The van der Waals surface area contributed by atoms with E-state index in [1.54, 1.807) is 0 Å². The van der Waals surface area contributed by atoms with Gasteiger partial charge in [0.05, 0.1) is 0 Å². The Labute approximate surface area is 80.6 Å². The normalized spacial score (nSPS) is 0. The van der Waals surface area contributed by atoms with Gasteiger partial charge in [0.1, 0.15) is 0 Å². The molecule has 0 aromatic heterocycles. The van der Waals surface area contributed by atoms with Gasteiger partial charge in [-0.2, -0.15) is 0 Å². The van der Waals surface area contributed by atoms with E-state index in [2.05, 4.69) is 0 Å². The standard InChI is InChI=1S/Ce.2FH.Na.H/h;2*1H;;/q;;;+1;-1. The van der Waals surface area contributed by atoms with Gasteiger partial charge in [-0.3, -0.25) is 9.41 Å². The number of rotatable bonds is 0. The summed E-state index contributed by atoms with van der Waals surface area (Å²) in [6.45, 7) is 0. The number of halogens is 2.